The fourth-order valence-corrected chi connectivity index (χ4v) is 3.92. The molecule has 0 saturated heterocycles. The van der Waals surface area contributed by atoms with Crippen molar-refractivity contribution >= 4 is 27.3 Å². The van der Waals surface area contributed by atoms with Gasteiger partial charge >= 0.3 is 0 Å². The Bertz CT molecular complexity index is 1110. The molecule has 6 nitrogen and oxygen atoms in total. The minimum absolute atomic E-state index is 0.148. The predicted molar refractivity (Wildman–Crippen MR) is 118 cm³/mol. The highest BCUT2D eigenvalue weighted by Crippen LogP contribution is 2.23. The summed E-state index contributed by atoms with van der Waals surface area (Å²) in [4.78, 5) is 12.4. The van der Waals surface area contributed by atoms with Crippen LogP contribution in [0.5, 0.6) is 5.75 Å². The van der Waals surface area contributed by atoms with Crippen molar-refractivity contribution in [3.63, 3.8) is 0 Å². The first kappa shape index (κ1) is 21.4. The van der Waals surface area contributed by atoms with Crippen LogP contribution in [0, 0.1) is 6.92 Å². The molecule has 0 saturated carbocycles. The van der Waals surface area contributed by atoms with Gasteiger partial charge in [0.15, 0.2) is 6.61 Å². The first-order chi connectivity index (χ1) is 14.4. The van der Waals surface area contributed by atoms with Crippen LogP contribution in [0.4, 0.5) is 11.4 Å². The monoisotopic (exact) mass is 424 g/mol. The smallest absolute Gasteiger partial charge is 0.262 e. The SMILES string of the molecule is CCc1ccc(OCC(=O)Nc2ccc(C)c(NS(=O)(=O)c3ccccc3)c2)cc1. The largest absolute Gasteiger partial charge is 0.484 e. The van der Waals surface area contributed by atoms with E-state index in [0.29, 0.717) is 17.1 Å². The molecule has 0 bridgehead atoms. The van der Waals surface area contributed by atoms with Gasteiger partial charge in [0.2, 0.25) is 0 Å². The van der Waals surface area contributed by atoms with E-state index in [-0.39, 0.29) is 17.4 Å². The molecule has 0 aliphatic rings. The summed E-state index contributed by atoms with van der Waals surface area (Å²) in [5, 5.41) is 2.73. The summed E-state index contributed by atoms with van der Waals surface area (Å²) >= 11 is 0. The second-order valence-electron chi connectivity index (χ2n) is 6.78. The number of ether oxygens (including phenoxy) is 1. The van der Waals surface area contributed by atoms with Crippen molar-refractivity contribution < 1.29 is 17.9 Å². The number of benzene rings is 3. The molecule has 30 heavy (non-hydrogen) atoms. The van der Waals surface area contributed by atoms with Gasteiger partial charge in [-0.2, -0.15) is 0 Å². The molecular formula is C23H24N2O4S. The second-order valence-corrected chi connectivity index (χ2v) is 8.47. The average Bonchev–Trinajstić information content (AvgIpc) is 2.75. The summed E-state index contributed by atoms with van der Waals surface area (Å²) in [7, 11) is -3.72. The number of aryl methyl sites for hydroxylation is 2. The zero-order valence-electron chi connectivity index (χ0n) is 16.9. The van der Waals surface area contributed by atoms with Crippen molar-refractivity contribution in [2.24, 2.45) is 0 Å². The number of nitrogens with one attached hydrogen (secondary N) is 2. The first-order valence-corrected chi connectivity index (χ1v) is 11.1. The zero-order valence-corrected chi connectivity index (χ0v) is 17.7. The topological polar surface area (TPSA) is 84.5 Å². The third kappa shape index (κ3) is 5.61. The fraction of sp³-hybridized carbons (Fsp3) is 0.174. The maximum Gasteiger partial charge on any atom is 0.262 e. The Labute approximate surface area is 177 Å². The molecule has 2 N–H and O–H groups in total. The van der Waals surface area contributed by atoms with E-state index in [1.54, 1.807) is 43.3 Å². The third-order valence-corrected chi connectivity index (χ3v) is 5.90. The van der Waals surface area contributed by atoms with E-state index in [0.717, 1.165) is 12.0 Å². The van der Waals surface area contributed by atoms with E-state index in [9.17, 15) is 13.2 Å². The zero-order chi connectivity index (χ0) is 21.6. The molecule has 3 aromatic carbocycles. The first-order valence-electron chi connectivity index (χ1n) is 9.57. The van der Waals surface area contributed by atoms with Gasteiger partial charge in [-0.1, -0.05) is 43.3 Å². The molecular weight excluding hydrogens is 400 g/mol. The van der Waals surface area contributed by atoms with Crippen molar-refractivity contribution in [1.82, 2.24) is 0 Å². The Morgan fingerprint density at radius 1 is 0.967 bits per heavy atom. The Balaban J connectivity index is 1.65. The van der Waals surface area contributed by atoms with Gasteiger partial charge in [-0.05, 0) is 60.9 Å². The molecule has 0 aliphatic heterocycles. The summed E-state index contributed by atoms with van der Waals surface area (Å²) in [5.74, 6) is 0.276. The molecule has 0 aromatic heterocycles. The Morgan fingerprint density at radius 3 is 2.33 bits per heavy atom. The maximum absolute atomic E-state index is 12.6. The molecule has 156 valence electrons. The van der Waals surface area contributed by atoms with Crippen LogP contribution in [-0.2, 0) is 21.2 Å². The maximum atomic E-state index is 12.6. The quantitative estimate of drug-likeness (QED) is 0.562. The number of hydrogen-bond donors (Lipinski definition) is 2. The van der Waals surface area contributed by atoms with Gasteiger partial charge in [-0.15, -0.1) is 0 Å². The lowest BCUT2D eigenvalue weighted by atomic mass is 10.2. The lowest BCUT2D eigenvalue weighted by molar-refractivity contribution is -0.118. The molecule has 0 unspecified atom stereocenters. The minimum Gasteiger partial charge on any atom is -0.484 e. The number of carbonyl (C=O) groups is 1. The van der Waals surface area contributed by atoms with E-state index in [1.165, 1.54) is 17.7 Å². The minimum atomic E-state index is -3.72. The fourth-order valence-electron chi connectivity index (χ4n) is 2.78. The molecule has 0 aliphatic carbocycles. The van der Waals surface area contributed by atoms with Crippen LogP contribution in [0.3, 0.4) is 0 Å². The average molecular weight is 425 g/mol. The molecule has 7 heteroatoms. The number of carbonyl (C=O) groups excluding carboxylic acids is 1. The van der Waals surface area contributed by atoms with Crippen molar-refractivity contribution in [2.45, 2.75) is 25.2 Å². The number of rotatable bonds is 8. The highest BCUT2D eigenvalue weighted by molar-refractivity contribution is 7.92. The van der Waals surface area contributed by atoms with Crippen molar-refractivity contribution in [1.29, 1.82) is 0 Å². The van der Waals surface area contributed by atoms with E-state index >= 15 is 0 Å². The van der Waals surface area contributed by atoms with Crippen LogP contribution in [0.15, 0.2) is 77.7 Å². The van der Waals surface area contributed by atoms with Crippen LogP contribution in [0.2, 0.25) is 0 Å². The van der Waals surface area contributed by atoms with Crippen LogP contribution in [0.1, 0.15) is 18.1 Å². The van der Waals surface area contributed by atoms with Crippen molar-refractivity contribution in [3.8, 4) is 5.75 Å². The number of hydrogen-bond acceptors (Lipinski definition) is 4. The molecule has 0 heterocycles. The summed E-state index contributed by atoms with van der Waals surface area (Å²) in [6.45, 7) is 3.71. The highest BCUT2D eigenvalue weighted by Gasteiger charge is 2.15. The van der Waals surface area contributed by atoms with E-state index < -0.39 is 10.0 Å². The summed E-state index contributed by atoms with van der Waals surface area (Å²) in [6.07, 6.45) is 0.935. The van der Waals surface area contributed by atoms with Crippen LogP contribution in [-0.4, -0.2) is 20.9 Å². The van der Waals surface area contributed by atoms with Crippen LogP contribution >= 0.6 is 0 Å². The highest BCUT2D eigenvalue weighted by atomic mass is 32.2. The van der Waals surface area contributed by atoms with Gasteiger partial charge in [0, 0.05) is 5.69 Å². The standard InChI is InChI=1S/C23H24N2O4S/c1-3-18-10-13-20(14-11-18)29-16-23(26)24-19-12-9-17(2)22(15-19)25-30(27,28)21-7-5-4-6-8-21/h4-15,25H,3,16H2,1-2H3,(H,24,26). The van der Waals surface area contributed by atoms with Crippen LogP contribution < -0.4 is 14.8 Å². The molecule has 0 spiro atoms. The predicted octanol–water partition coefficient (Wildman–Crippen LogP) is 4.38. The number of amides is 1. The van der Waals surface area contributed by atoms with Gasteiger partial charge in [0.1, 0.15) is 5.75 Å². The lowest BCUT2D eigenvalue weighted by Crippen LogP contribution is -2.20. The van der Waals surface area contributed by atoms with E-state index in [4.69, 9.17) is 4.74 Å². The molecule has 3 rings (SSSR count). The third-order valence-electron chi connectivity index (χ3n) is 4.52. The summed E-state index contributed by atoms with van der Waals surface area (Å²) in [5.41, 5.74) is 2.80. The molecule has 1 amide bonds. The molecule has 0 atom stereocenters. The van der Waals surface area contributed by atoms with Crippen LogP contribution in [0.25, 0.3) is 0 Å². The van der Waals surface area contributed by atoms with Gasteiger partial charge in [0.25, 0.3) is 15.9 Å². The summed E-state index contributed by atoms with van der Waals surface area (Å²) in [6, 6.07) is 20.7. The van der Waals surface area contributed by atoms with Gasteiger partial charge < -0.3 is 10.1 Å². The van der Waals surface area contributed by atoms with Gasteiger partial charge in [-0.3, -0.25) is 9.52 Å². The van der Waals surface area contributed by atoms with Gasteiger partial charge in [0.05, 0.1) is 10.6 Å². The molecule has 0 fully saturated rings. The molecule has 3 aromatic rings. The second kappa shape index (κ2) is 9.45. The molecule has 0 radical (unpaired) electrons. The van der Waals surface area contributed by atoms with Crippen molar-refractivity contribution in [2.75, 3.05) is 16.6 Å². The Kier molecular flexibility index (Phi) is 6.74. The van der Waals surface area contributed by atoms with Gasteiger partial charge in [-0.25, -0.2) is 8.42 Å². The number of anilines is 2. The Morgan fingerprint density at radius 2 is 1.67 bits per heavy atom. The van der Waals surface area contributed by atoms with Crippen molar-refractivity contribution in [3.05, 3.63) is 83.9 Å². The van der Waals surface area contributed by atoms with E-state index in [2.05, 4.69) is 17.0 Å². The van der Waals surface area contributed by atoms with E-state index in [1.807, 2.05) is 24.3 Å². The lowest BCUT2D eigenvalue weighted by Gasteiger charge is -2.13. The Hall–Kier alpha value is -3.32. The summed E-state index contributed by atoms with van der Waals surface area (Å²) < 4.78 is 33.2. The normalized spacial score (nSPS) is 11.0. The number of sulfonamides is 1.